The van der Waals surface area contributed by atoms with E-state index in [9.17, 15) is 4.79 Å². The van der Waals surface area contributed by atoms with Gasteiger partial charge in [0, 0.05) is 18.3 Å². The Morgan fingerprint density at radius 2 is 2.11 bits per heavy atom. The second kappa shape index (κ2) is 7.50. The number of fused-ring (bicyclic) bond motifs is 1. The zero-order valence-electron chi connectivity index (χ0n) is 14.6. The molecule has 0 aliphatic carbocycles. The van der Waals surface area contributed by atoms with Gasteiger partial charge in [0.2, 0.25) is 11.8 Å². The van der Waals surface area contributed by atoms with Gasteiger partial charge in [-0.3, -0.25) is 9.36 Å². The van der Waals surface area contributed by atoms with E-state index in [4.69, 9.17) is 9.40 Å². The van der Waals surface area contributed by atoms with Crippen molar-refractivity contribution in [2.75, 3.05) is 0 Å². The molecule has 4 rings (SSSR count). The fourth-order valence-corrected chi connectivity index (χ4v) is 4.55. The number of benzene rings is 1. The number of aromatic nitrogens is 4. The van der Waals surface area contributed by atoms with Crippen molar-refractivity contribution in [3.8, 4) is 10.4 Å². The molecule has 0 atom stereocenters. The minimum atomic E-state index is -0.0590. The highest BCUT2D eigenvalue weighted by Gasteiger charge is 2.16. The van der Waals surface area contributed by atoms with Crippen molar-refractivity contribution < 1.29 is 4.42 Å². The molecule has 1 aromatic carbocycles. The van der Waals surface area contributed by atoms with Crippen molar-refractivity contribution >= 4 is 33.3 Å². The molecule has 0 aliphatic rings. The predicted molar refractivity (Wildman–Crippen MR) is 108 cm³/mol. The number of hydrogen-bond acceptors (Lipinski definition) is 7. The van der Waals surface area contributed by atoms with E-state index < -0.39 is 0 Å². The summed E-state index contributed by atoms with van der Waals surface area (Å²) < 4.78 is 7.69. The number of hydrogen-bond donors (Lipinski definition) is 0. The molecule has 0 fully saturated rings. The second-order valence-corrected chi connectivity index (χ2v) is 7.79. The Morgan fingerprint density at radius 3 is 2.81 bits per heavy atom. The Balaban J connectivity index is 1.76. The van der Waals surface area contributed by atoms with Crippen LogP contribution in [-0.4, -0.2) is 19.7 Å². The van der Waals surface area contributed by atoms with Gasteiger partial charge in [-0.25, -0.2) is 4.98 Å². The molecule has 0 amide bonds. The molecule has 0 radical (unpaired) electrons. The standard InChI is InChI=1S/C19H16N4O2S2/c1-3-9-23-18(24)17-14(10-15(27-17)13-7-5-4-6-8-13)20-19(23)26-11-16-22-21-12(2)25-16/h3-8,10H,1,9,11H2,2H3. The van der Waals surface area contributed by atoms with Crippen molar-refractivity contribution in [3.63, 3.8) is 0 Å². The van der Waals surface area contributed by atoms with Gasteiger partial charge in [0.05, 0.1) is 11.3 Å². The molecule has 0 N–H and O–H groups in total. The van der Waals surface area contributed by atoms with Crippen LogP contribution in [0.5, 0.6) is 0 Å². The van der Waals surface area contributed by atoms with Gasteiger partial charge in [-0.05, 0) is 11.6 Å². The van der Waals surface area contributed by atoms with Crippen LogP contribution >= 0.6 is 23.1 Å². The summed E-state index contributed by atoms with van der Waals surface area (Å²) in [6, 6.07) is 12.0. The highest BCUT2D eigenvalue weighted by atomic mass is 32.2. The molecule has 4 aromatic rings. The van der Waals surface area contributed by atoms with Gasteiger partial charge in [-0.1, -0.05) is 48.2 Å². The zero-order chi connectivity index (χ0) is 18.8. The lowest BCUT2D eigenvalue weighted by Crippen LogP contribution is -2.21. The van der Waals surface area contributed by atoms with E-state index in [1.54, 1.807) is 17.6 Å². The molecular formula is C19H16N4O2S2. The lowest BCUT2D eigenvalue weighted by atomic mass is 10.2. The van der Waals surface area contributed by atoms with Crippen molar-refractivity contribution in [2.24, 2.45) is 0 Å². The topological polar surface area (TPSA) is 73.8 Å². The summed E-state index contributed by atoms with van der Waals surface area (Å²) in [6.45, 7) is 5.90. The molecule has 0 aliphatic heterocycles. The van der Waals surface area contributed by atoms with Gasteiger partial charge >= 0.3 is 0 Å². The Bertz CT molecular complexity index is 1160. The highest BCUT2D eigenvalue weighted by Crippen LogP contribution is 2.32. The molecule has 0 spiro atoms. The second-order valence-electron chi connectivity index (χ2n) is 5.79. The highest BCUT2D eigenvalue weighted by molar-refractivity contribution is 7.98. The fraction of sp³-hybridized carbons (Fsp3) is 0.158. The van der Waals surface area contributed by atoms with Gasteiger partial charge in [-0.2, -0.15) is 0 Å². The average molecular weight is 396 g/mol. The summed E-state index contributed by atoms with van der Waals surface area (Å²) in [5, 5.41) is 8.43. The third-order valence-electron chi connectivity index (χ3n) is 3.86. The zero-order valence-corrected chi connectivity index (χ0v) is 16.2. The van der Waals surface area contributed by atoms with Crippen LogP contribution in [0, 0.1) is 6.92 Å². The van der Waals surface area contributed by atoms with Gasteiger partial charge < -0.3 is 4.42 Å². The molecule has 0 bridgehead atoms. The fourth-order valence-electron chi connectivity index (χ4n) is 2.66. The normalized spacial score (nSPS) is 11.1. The Morgan fingerprint density at radius 1 is 1.30 bits per heavy atom. The Kier molecular flexibility index (Phi) is 4.91. The van der Waals surface area contributed by atoms with Crippen molar-refractivity contribution in [2.45, 2.75) is 24.4 Å². The lowest BCUT2D eigenvalue weighted by Gasteiger charge is -2.08. The van der Waals surface area contributed by atoms with Crippen LogP contribution in [0.2, 0.25) is 0 Å². The van der Waals surface area contributed by atoms with E-state index in [0.29, 0.717) is 39.5 Å². The maximum absolute atomic E-state index is 13.0. The monoisotopic (exact) mass is 396 g/mol. The van der Waals surface area contributed by atoms with Crippen molar-refractivity contribution in [1.82, 2.24) is 19.7 Å². The van der Waals surface area contributed by atoms with Crippen molar-refractivity contribution in [1.29, 1.82) is 0 Å². The summed E-state index contributed by atoms with van der Waals surface area (Å²) in [5.74, 6) is 1.47. The van der Waals surface area contributed by atoms with E-state index >= 15 is 0 Å². The lowest BCUT2D eigenvalue weighted by molar-refractivity contribution is 0.485. The average Bonchev–Trinajstić information content (AvgIpc) is 3.30. The minimum absolute atomic E-state index is 0.0590. The third-order valence-corrected chi connectivity index (χ3v) is 5.98. The van der Waals surface area contributed by atoms with E-state index in [-0.39, 0.29) is 5.56 Å². The van der Waals surface area contributed by atoms with Gasteiger partial charge in [0.15, 0.2) is 5.16 Å². The van der Waals surface area contributed by atoms with Crippen LogP contribution in [0.3, 0.4) is 0 Å². The van der Waals surface area contributed by atoms with E-state index in [1.165, 1.54) is 23.1 Å². The van der Waals surface area contributed by atoms with Gasteiger partial charge in [0.25, 0.3) is 5.56 Å². The third kappa shape index (κ3) is 3.58. The summed E-state index contributed by atoms with van der Waals surface area (Å²) in [5.41, 5.74) is 1.72. The van der Waals surface area contributed by atoms with Crippen molar-refractivity contribution in [3.05, 3.63) is 71.2 Å². The van der Waals surface area contributed by atoms with Crippen LogP contribution in [0.15, 0.2) is 63.4 Å². The molecule has 3 aromatic heterocycles. The first-order valence-corrected chi connectivity index (χ1v) is 10.1. The molecule has 3 heterocycles. The summed E-state index contributed by atoms with van der Waals surface area (Å²) in [6.07, 6.45) is 1.70. The smallest absolute Gasteiger partial charge is 0.272 e. The number of aryl methyl sites for hydroxylation is 1. The van der Waals surface area contributed by atoms with E-state index in [1.807, 2.05) is 36.4 Å². The molecule has 136 valence electrons. The van der Waals surface area contributed by atoms with Gasteiger partial charge in [0.1, 0.15) is 4.70 Å². The quantitative estimate of drug-likeness (QED) is 0.275. The van der Waals surface area contributed by atoms with Crippen LogP contribution < -0.4 is 5.56 Å². The first kappa shape index (κ1) is 17.7. The summed E-state index contributed by atoms with van der Waals surface area (Å²) >= 11 is 2.86. The predicted octanol–water partition coefficient (Wildman–Crippen LogP) is 4.29. The van der Waals surface area contributed by atoms with Crippen LogP contribution in [0.1, 0.15) is 11.8 Å². The van der Waals surface area contributed by atoms with E-state index in [2.05, 4.69) is 16.8 Å². The molecule has 6 nitrogen and oxygen atoms in total. The maximum Gasteiger partial charge on any atom is 0.272 e. The van der Waals surface area contributed by atoms with Crippen LogP contribution in [-0.2, 0) is 12.3 Å². The number of rotatable bonds is 6. The number of allylic oxidation sites excluding steroid dienone is 1. The van der Waals surface area contributed by atoms with Crippen LogP contribution in [0.4, 0.5) is 0 Å². The minimum Gasteiger partial charge on any atom is -0.425 e. The van der Waals surface area contributed by atoms with Gasteiger partial charge in [-0.15, -0.1) is 28.1 Å². The molecule has 0 saturated heterocycles. The number of thiophene rings is 1. The Labute approximate surface area is 163 Å². The SMILES string of the molecule is C=CCn1c(SCc2nnc(C)o2)nc2cc(-c3ccccc3)sc2c1=O. The molecule has 0 unspecified atom stereocenters. The largest absolute Gasteiger partial charge is 0.425 e. The van der Waals surface area contributed by atoms with E-state index in [0.717, 1.165) is 10.4 Å². The summed E-state index contributed by atoms with van der Waals surface area (Å²) in [7, 11) is 0. The number of nitrogens with zero attached hydrogens (tertiary/aromatic N) is 4. The van der Waals surface area contributed by atoms with Crippen LogP contribution in [0.25, 0.3) is 20.7 Å². The number of thioether (sulfide) groups is 1. The first-order chi connectivity index (χ1) is 13.2. The molecule has 27 heavy (non-hydrogen) atoms. The maximum atomic E-state index is 13.0. The molecule has 8 heteroatoms. The Hall–Kier alpha value is -2.71. The molecular weight excluding hydrogens is 380 g/mol. The molecule has 0 saturated carbocycles. The summed E-state index contributed by atoms with van der Waals surface area (Å²) in [4.78, 5) is 18.8. The first-order valence-electron chi connectivity index (χ1n) is 8.28.